The van der Waals surface area contributed by atoms with Crippen molar-refractivity contribution in [3.8, 4) is 17.2 Å². The van der Waals surface area contributed by atoms with Crippen molar-refractivity contribution < 1.29 is 53.4 Å². The molecule has 3 aliphatic rings. The second-order valence-corrected chi connectivity index (χ2v) is 10.7. The van der Waals surface area contributed by atoms with E-state index in [2.05, 4.69) is 0 Å². The van der Waals surface area contributed by atoms with E-state index in [0.717, 1.165) is 0 Å². The third-order valence-electron chi connectivity index (χ3n) is 8.07. The molecule has 0 unspecified atom stereocenters. The summed E-state index contributed by atoms with van der Waals surface area (Å²) in [6, 6.07) is 3.74. The van der Waals surface area contributed by atoms with Crippen LogP contribution in [0, 0.1) is 0 Å². The number of aromatic hydroxyl groups is 2. The number of hydrogen-bond acceptors (Lipinski definition) is 12. The minimum atomic E-state index is -2.03. The Labute approximate surface area is 234 Å². The maximum absolute atomic E-state index is 13.7. The average Bonchev–Trinajstić information content (AvgIpc) is 2.90. The molecule has 0 radical (unpaired) electrons. The Kier molecular flexibility index (Phi) is 7.14. The monoisotopic (exact) mass is 569 g/mol. The van der Waals surface area contributed by atoms with Crippen LogP contribution in [0.2, 0.25) is 0 Å². The number of esters is 1. The van der Waals surface area contributed by atoms with Crippen LogP contribution in [0.3, 0.4) is 0 Å². The van der Waals surface area contributed by atoms with Crippen LogP contribution in [-0.2, 0) is 30.2 Å². The number of carbonyl (C=O) groups is 4. The van der Waals surface area contributed by atoms with Gasteiger partial charge in [-0.3, -0.25) is 19.2 Å². The number of carbonyl (C=O) groups excluding carboxylic acids is 4. The Balaban J connectivity index is 1.62. The lowest BCUT2D eigenvalue weighted by Crippen LogP contribution is -2.54. The molecule has 0 spiro atoms. The number of benzene rings is 2. The largest absolute Gasteiger partial charge is 0.507 e. The predicted octanol–water partition coefficient (Wildman–Crippen LogP) is 1.60. The third kappa shape index (κ3) is 4.56. The SMILES string of the molecule is COc1cccc2c1C(=O)c1c(O)c3c(c(O)c1C2=O)C[C@@](O)(C(C)=O)C[C@@H]3O[C@H]1C[C@H](N)[C@H](OC(C)=O)[C@H](C)O1. The van der Waals surface area contributed by atoms with E-state index in [9.17, 15) is 34.5 Å². The first-order valence-corrected chi connectivity index (χ1v) is 13.1. The summed E-state index contributed by atoms with van der Waals surface area (Å²) >= 11 is 0. The Morgan fingerprint density at radius 2 is 1.76 bits per heavy atom. The number of aliphatic hydroxyl groups is 1. The number of hydrogen-bond donors (Lipinski definition) is 4. The number of Topliss-reactive ketones (excluding diaryl/α,β-unsaturated/α-hetero) is 1. The summed E-state index contributed by atoms with van der Waals surface area (Å²) in [6.07, 6.45) is -4.46. The Morgan fingerprint density at radius 3 is 2.37 bits per heavy atom. The highest BCUT2D eigenvalue weighted by Crippen LogP contribution is 2.52. The lowest BCUT2D eigenvalue weighted by atomic mass is 9.72. The van der Waals surface area contributed by atoms with Crippen molar-refractivity contribution in [1.82, 2.24) is 0 Å². The van der Waals surface area contributed by atoms with E-state index in [1.54, 1.807) is 6.92 Å². The lowest BCUT2D eigenvalue weighted by molar-refractivity contribution is -0.251. The zero-order chi connectivity index (χ0) is 30.0. The van der Waals surface area contributed by atoms with Gasteiger partial charge >= 0.3 is 5.97 Å². The van der Waals surface area contributed by atoms with Gasteiger partial charge in [0.25, 0.3) is 0 Å². The van der Waals surface area contributed by atoms with Crippen LogP contribution in [0.4, 0.5) is 0 Å². The molecule has 5 rings (SSSR count). The molecule has 5 N–H and O–H groups in total. The number of rotatable bonds is 5. The second kappa shape index (κ2) is 10.2. The van der Waals surface area contributed by atoms with Crippen molar-refractivity contribution in [1.29, 1.82) is 0 Å². The molecule has 0 saturated carbocycles. The van der Waals surface area contributed by atoms with E-state index >= 15 is 0 Å². The van der Waals surface area contributed by atoms with Crippen LogP contribution < -0.4 is 10.5 Å². The van der Waals surface area contributed by atoms with Gasteiger partial charge < -0.3 is 40.0 Å². The van der Waals surface area contributed by atoms with Crippen molar-refractivity contribution in [2.24, 2.45) is 5.73 Å². The highest BCUT2D eigenvalue weighted by Gasteiger charge is 2.49. The Hall–Kier alpha value is -3.84. The van der Waals surface area contributed by atoms with Gasteiger partial charge in [0.2, 0.25) is 5.78 Å². The van der Waals surface area contributed by atoms with Crippen molar-refractivity contribution in [2.45, 2.75) is 76.3 Å². The number of ketones is 3. The van der Waals surface area contributed by atoms with Gasteiger partial charge in [-0.1, -0.05) is 12.1 Å². The molecule has 218 valence electrons. The van der Waals surface area contributed by atoms with Crippen LogP contribution in [0.5, 0.6) is 17.2 Å². The molecular formula is C29H31NO11. The van der Waals surface area contributed by atoms with Gasteiger partial charge in [-0.15, -0.1) is 0 Å². The number of ether oxygens (including phenoxy) is 4. The fourth-order valence-electron chi connectivity index (χ4n) is 6.03. The smallest absolute Gasteiger partial charge is 0.303 e. The fourth-order valence-corrected chi connectivity index (χ4v) is 6.03. The van der Waals surface area contributed by atoms with E-state index in [1.165, 1.54) is 39.2 Å². The minimum Gasteiger partial charge on any atom is -0.507 e. The number of phenolic OH excluding ortho intramolecular Hbond substituents is 2. The first kappa shape index (κ1) is 28.7. The maximum atomic E-state index is 13.7. The van der Waals surface area contributed by atoms with Crippen LogP contribution in [-0.4, -0.2) is 75.9 Å². The van der Waals surface area contributed by atoms with Crippen molar-refractivity contribution in [3.63, 3.8) is 0 Å². The Morgan fingerprint density at radius 1 is 1.07 bits per heavy atom. The van der Waals surface area contributed by atoms with E-state index in [4.69, 9.17) is 24.7 Å². The molecular weight excluding hydrogens is 538 g/mol. The van der Waals surface area contributed by atoms with Crippen molar-refractivity contribution in [2.75, 3.05) is 7.11 Å². The van der Waals surface area contributed by atoms with Crippen LogP contribution in [0.15, 0.2) is 18.2 Å². The molecule has 0 amide bonds. The van der Waals surface area contributed by atoms with Crippen molar-refractivity contribution in [3.05, 3.63) is 51.6 Å². The standard InChI is InChI=1S/C29H31NO11/c1-11-28(40-13(3)32)16(30)8-19(39-11)41-18-10-29(37,12(2)31)9-15-21(18)27(36)23-22(25(15)34)24(33)14-6-5-7-17(38-4)20(14)26(23)35/h5-7,11,16,18-19,28,34,36-37H,8-10,30H2,1-4H3/t11-,16-,18-,19-,28+,29-/m0/s1. The molecule has 12 nitrogen and oxygen atoms in total. The molecule has 6 atom stereocenters. The predicted molar refractivity (Wildman–Crippen MR) is 140 cm³/mol. The van der Waals surface area contributed by atoms with Crippen LogP contribution in [0.25, 0.3) is 0 Å². The molecule has 41 heavy (non-hydrogen) atoms. The Bertz CT molecular complexity index is 1470. The van der Waals surface area contributed by atoms with E-state index < -0.39 is 88.6 Å². The molecule has 0 aromatic heterocycles. The van der Waals surface area contributed by atoms with Gasteiger partial charge in [-0.2, -0.15) is 0 Å². The topological polar surface area (TPSA) is 192 Å². The normalized spacial score (nSPS) is 28.8. The first-order chi connectivity index (χ1) is 19.3. The highest BCUT2D eigenvalue weighted by molar-refractivity contribution is 6.31. The van der Waals surface area contributed by atoms with Gasteiger partial charge in [0, 0.05) is 48.9 Å². The van der Waals surface area contributed by atoms with Crippen LogP contribution in [0.1, 0.15) is 82.7 Å². The molecule has 1 fully saturated rings. The molecule has 2 aromatic carbocycles. The van der Waals surface area contributed by atoms with Gasteiger partial charge in [0.05, 0.1) is 36.0 Å². The van der Waals surface area contributed by atoms with Gasteiger partial charge in [0.15, 0.2) is 17.9 Å². The summed E-state index contributed by atoms with van der Waals surface area (Å²) in [5.41, 5.74) is 3.08. The minimum absolute atomic E-state index is 0.0251. The quantitative estimate of drug-likeness (QED) is 0.257. The average molecular weight is 570 g/mol. The van der Waals surface area contributed by atoms with E-state index in [0.29, 0.717) is 0 Å². The molecule has 2 aromatic rings. The summed E-state index contributed by atoms with van der Waals surface area (Å²) in [4.78, 5) is 51.3. The summed E-state index contributed by atoms with van der Waals surface area (Å²) < 4.78 is 22.6. The molecule has 1 saturated heterocycles. The van der Waals surface area contributed by atoms with Crippen molar-refractivity contribution >= 4 is 23.3 Å². The second-order valence-electron chi connectivity index (χ2n) is 10.7. The molecule has 2 aliphatic carbocycles. The summed E-state index contributed by atoms with van der Waals surface area (Å²) in [5.74, 6) is -3.79. The summed E-state index contributed by atoms with van der Waals surface area (Å²) in [7, 11) is 1.33. The van der Waals surface area contributed by atoms with E-state index in [1.807, 2.05) is 0 Å². The van der Waals surface area contributed by atoms with Gasteiger partial charge in [0.1, 0.15) is 29.0 Å². The maximum Gasteiger partial charge on any atom is 0.303 e. The molecule has 1 aliphatic heterocycles. The zero-order valence-corrected chi connectivity index (χ0v) is 22.9. The number of nitrogens with two attached hydrogens (primary N) is 1. The molecule has 0 bridgehead atoms. The fraction of sp³-hybridized carbons (Fsp3) is 0.448. The first-order valence-electron chi connectivity index (χ1n) is 13.1. The van der Waals surface area contributed by atoms with E-state index in [-0.39, 0.29) is 40.8 Å². The number of fused-ring (bicyclic) bond motifs is 3. The third-order valence-corrected chi connectivity index (χ3v) is 8.07. The van der Waals surface area contributed by atoms with Gasteiger partial charge in [-0.25, -0.2) is 0 Å². The van der Waals surface area contributed by atoms with Crippen LogP contribution >= 0.6 is 0 Å². The van der Waals surface area contributed by atoms with Gasteiger partial charge in [-0.05, 0) is 19.9 Å². The lowest BCUT2D eigenvalue weighted by Gasteiger charge is -2.42. The summed E-state index contributed by atoms with van der Waals surface area (Å²) in [5, 5.41) is 34.2. The molecule has 12 heteroatoms. The zero-order valence-electron chi connectivity index (χ0n) is 22.9. The molecule has 1 heterocycles. The highest BCUT2D eigenvalue weighted by atomic mass is 16.7. The number of phenols is 2. The summed E-state index contributed by atoms with van der Waals surface area (Å²) in [6.45, 7) is 4.06. The number of methoxy groups -OCH3 is 1.